The van der Waals surface area contributed by atoms with Crippen LogP contribution in [0.25, 0.3) is 0 Å². The van der Waals surface area contributed by atoms with Crippen molar-refractivity contribution in [2.24, 2.45) is 0 Å². The molecule has 8 nitrogen and oxygen atoms in total. The van der Waals surface area contributed by atoms with E-state index in [-0.39, 0.29) is 35.9 Å². The zero-order chi connectivity index (χ0) is 17.1. The highest BCUT2D eigenvalue weighted by atomic mass is 16.6. The van der Waals surface area contributed by atoms with Gasteiger partial charge in [-0.2, -0.15) is 0 Å². The number of nitro benzene ring substituents is 1. The van der Waals surface area contributed by atoms with Gasteiger partial charge in [0.25, 0.3) is 11.6 Å². The van der Waals surface area contributed by atoms with Crippen molar-refractivity contribution in [2.75, 3.05) is 13.7 Å². The van der Waals surface area contributed by atoms with Crippen molar-refractivity contribution in [1.82, 2.24) is 4.90 Å². The highest BCUT2D eigenvalue weighted by molar-refractivity contribution is 5.97. The Bertz CT molecular complexity index is 645. The number of hydrogen-bond donors (Lipinski definition) is 1. The molecule has 0 bridgehead atoms. The molecule has 1 aliphatic heterocycles. The molecule has 23 heavy (non-hydrogen) atoms. The lowest BCUT2D eigenvalue weighted by Crippen LogP contribution is -2.37. The van der Waals surface area contributed by atoms with Gasteiger partial charge in [0.2, 0.25) is 0 Å². The quantitative estimate of drug-likeness (QED) is 0.651. The SMILES string of the molecule is COC1CC(CC(=O)O)N(C(=O)c2cccc([N+](=O)[O-])c2C)C1. The summed E-state index contributed by atoms with van der Waals surface area (Å²) in [4.78, 5) is 35.7. The number of likely N-dealkylation sites (tertiary alicyclic amines) is 1. The van der Waals surface area contributed by atoms with Crippen LogP contribution in [0.15, 0.2) is 18.2 Å². The number of methoxy groups -OCH3 is 1. The second-order valence-electron chi connectivity index (χ2n) is 5.51. The average Bonchev–Trinajstić information content (AvgIpc) is 2.88. The average molecular weight is 322 g/mol. The molecule has 1 amide bonds. The van der Waals surface area contributed by atoms with Gasteiger partial charge in [-0.25, -0.2) is 0 Å². The van der Waals surface area contributed by atoms with Crippen LogP contribution in [0, 0.1) is 17.0 Å². The minimum absolute atomic E-state index is 0.131. The zero-order valence-electron chi connectivity index (χ0n) is 12.9. The van der Waals surface area contributed by atoms with Gasteiger partial charge in [-0.15, -0.1) is 0 Å². The van der Waals surface area contributed by atoms with E-state index in [0.29, 0.717) is 6.42 Å². The van der Waals surface area contributed by atoms with Crippen molar-refractivity contribution in [3.63, 3.8) is 0 Å². The number of carboxylic acid groups (broad SMARTS) is 1. The Morgan fingerprint density at radius 1 is 1.48 bits per heavy atom. The predicted octanol–water partition coefficient (Wildman–Crippen LogP) is 1.61. The molecule has 0 aromatic heterocycles. The minimum atomic E-state index is -1.000. The molecule has 0 spiro atoms. The Hall–Kier alpha value is -2.48. The van der Waals surface area contributed by atoms with E-state index in [2.05, 4.69) is 0 Å². The van der Waals surface area contributed by atoms with Crippen LogP contribution in [0.4, 0.5) is 5.69 Å². The molecule has 1 aromatic carbocycles. The van der Waals surface area contributed by atoms with E-state index >= 15 is 0 Å². The van der Waals surface area contributed by atoms with Gasteiger partial charge in [0.05, 0.1) is 17.4 Å². The molecule has 1 N–H and O–H groups in total. The van der Waals surface area contributed by atoms with Crippen LogP contribution in [-0.2, 0) is 9.53 Å². The summed E-state index contributed by atoms with van der Waals surface area (Å²) >= 11 is 0. The molecule has 124 valence electrons. The Labute approximate surface area is 132 Å². The first-order valence-electron chi connectivity index (χ1n) is 7.14. The molecule has 1 aliphatic rings. The number of aliphatic carboxylic acids is 1. The largest absolute Gasteiger partial charge is 0.481 e. The van der Waals surface area contributed by atoms with Gasteiger partial charge in [0.1, 0.15) is 0 Å². The van der Waals surface area contributed by atoms with Crippen molar-refractivity contribution >= 4 is 17.6 Å². The molecule has 1 fully saturated rings. The van der Waals surface area contributed by atoms with Crippen LogP contribution < -0.4 is 0 Å². The predicted molar refractivity (Wildman–Crippen MR) is 80.3 cm³/mol. The van der Waals surface area contributed by atoms with Crippen LogP contribution in [-0.4, -0.2) is 52.6 Å². The van der Waals surface area contributed by atoms with Gasteiger partial charge in [0, 0.05) is 36.9 Å². The van der Waals surface area contributed by atoms with E-state index in [1.807, 2.05) is 0 Å². The molecule has 1 saturated heterocycles. The number of benzene rings is 1. The maximum atomic E-state index is 12.8. The monoisotopic (exact) mass is 322 g/mol. The second kappa shape index (κ2) is 6.74. The van der Waals surface area contributed by atoms with E-state index in [1.165, 1.54) is 37.1 Å². The smallest absolute Gasteiger partial charge is 0.305 e. The van der Waals surface area contributed by atoms with E-state index in [4.69, 9.17) is 9.84 Å². The van der Waals surface area contributed by atoms with E-state index < -0.39 is 22.8 Å². The molecule has 1 heterocycles. The summed E-state index contributed by atoms with van der Waals surface area (Å²) in [6.07, 6.45) is 0.0181. The van der Waals surface area contributed by atoms with Gasteiger partial charge in [-0.05, 0) is 19.4 Å². The number of nitrogens with zero attached hydrogens (tertiary/aromatic N) is 2. The van der Waals surface area contributed by atoms with Crippen LogP contribution in [0.1, 0.15) is 28.8 Å². The van der Waals surface area contributed by atoms with Crippen LogP contribution in [0.2, 0.25) is 0 Å². The normalized spacial score (nSPS) is 20.5. The fourth-order valence-corrected chi connectivity index (χ4v) is 2.90. The van der Waals surface area contributed by atoms with Crippen LogP contribution in [0.3, 0.4) is 0 Å². The molecular formula is C15H18N2O6. The van der Waals surface area contributed by atoms with Crippen molar-refractivity contribution in [3.05, 3.63) is 39.4 Å². The minimum Gasteiger partial charge on any atom is -0.481 e. The molecule has 2 rings (SSSR count). The van der Waals surface area contributed by atoms with Crippen LogP contribution in [0.5, 0.6) is 0 Å². The molecule has 1 aromatic rings. The number of carboxylic acids is 1. The Morgan fingerprint density at radius 2 is 2.17 bits per heavy atom. The van der Waals surface area contributed by atoms with Crippen molar-refractivity contribution in [2.45, 2.75) is 31.9 Å². The number of hydrogen-bond acceptors (Lipinski definition) is 5. The Kier molecular flexibility index (Phi) is 4.95. The van der Waals surface area contributed by atoms with Gasteiger partial charge < -0.3 is 14.7 Å². The number of rotatable bonds is 5. The molecule has 8 heteroatoms. The first kappa shape index (κ1) is 16.9. The Balaban J connectivity index is 2.33. The van der Waals surface area contributed by atoms with Crippen molar-refractivity contribution in [1.29, 1.82) is 0 Å². The molecule has 2 unspecified atom stereocenters. The van der Waals surface area contributed by atoms with Gasteiger partial charge in [0.15, 0.2) is 0 Å². The van der Waals surface area contributed by atoms with Crippen molar-refractivity contribution < 1.29 is 24.4 Å². The summed E-state index contributed by atoms with van der Waals surface area (Å²) in [6, 6.07) is 3.82. The standard InChI is InChI=1S/C15H18N2O6/c1-9-12(4-3-5-13(9)17(21)22)15(20)16-8-11(23-2)6-10(16)7-14(18)19/h3-5,10-11H,6-8H2,1-2H3,(H,18,19). The summed E-state index contributed by atoms with van der Waals surface area (Å²) in [6.45, 7) is 1.79. The van der Waals surface area contributed by atoms with Crippen LogP contribution >= 0.6 is 0 Å². The first-order valence-corrected chi connectivity index (χ1v) is 7.14. The Morgan fingerprint density at radius 3 is 2.74 bits per heavy atom. The lowest BCUT2D eigenvalue weighted by molar-refractivity contribution is -0.385. The number of ether oxygens (including phenoxy) is 1. The summed E-state index contributed by atoms with van der Waals surface area (Å²) < 4.78 is 5.24. The number of carbonyl (C=O) groups excluding carboxylic acids is 1. The molecule has 0 aliphatic carbocycles. The highest BCUT2D eigenvalue weighted by Gasteiger charge is 2.37. The molecule has 2 atom stereocenters. The summed E-state index contributed by atoms with van der Waals surface area (Å²) in [7, 11) is 1.51. The van der Waals surface area contributed by atoms with E-state index in [0.717, 1.165) is 0 Å². The third-order valence-electron chi connectivity index (χ3n) is 4.11. The topological polar surface area (TPSA) is 110 Å². The third-order valence-corrected chi connectivity index (χ3v) is 4.11. The summed E-state index contributed by atoms with van der Waals surface area (Å²) in [5.41, 5.74) is 0.358. The maximum Gasteiger partial charge on any atom is 0.305 e. The van der Waals surface area contributed by atoms with Gasteiger partial charge in [-0.1, -0.05) is 6.07 Å². The second-order valence-corrected chi connectivity index (χ2v) is 5.51. The lowest BCUT2D eigenvalue weighted by Gasteiger charge is -2.24. The molecule has 0 radical (unpaired) electrons. The molecule has 0 saturated carbocycles. The number of nitro groups is 1. The first-order chi connectivity index (χ1) is 10.8. The van der Waals surface area contributed by atoms with E-state index in [9.17, 15) is 19.7 Å². The maximum absolute atomic E-state index is 12.8. The van der Waals surface area contributed by atoms with Crippen molar-refractivity contribution in [3.8, 4) is 0 Å². The number of amides is 1. The number of carbonyl (C=O) groups is 2. The zero-order valence-corrected chi connectivity index (χ0v) is 12.9. The fourth-order valence-electron chi connectivity index (χ4n) is 2.90. The third kappa shape index (κ3) is 3.48. The van der Waals surface area contributed by atoms with Gasteiger partial charge >= 0.3 is 5.97 Å². The van der Waals surface area contributed by atoms with E-state index in [1.54, 1.807) is 0 Å². The summed E-state index contributed by atoms with van der Waals surface area (Å²) in [5, 5.41) is 20.0. The summed E-state index contributed by atoms with van der Waals surface area (Å²) in [5.74, 6) is -1.41. The lowest BCUT2D eigenvalue weighted by atomic mass is 10.0. The highest BCUT2D eigenvalue weighted by Crippen LogP contribution is 2.28. The molecular weight excluding hydrogens is 304 g/mol. The van der Waals surface area contributed by atoms with Gasteiger partial charge in [-0.3, -0.25) is 19.7 Å². The fraction of sp³-hybridized carbons (Fsp3) is 0.467.